The summed E-state index contributed by atoms with van der Waals surface area (Å²) in [4.78, 5) is 6.24. The van der Waals surface area contributed by atoms with Gasteiger partial charge in [-0.25, -0.2) is 0 Å². The van der Waals surface area contributed by atoms with Gasteiger partial charge in [-0.05, 0) is 30.4 Å². The van der Waals surface area contributed by atoms with E-state index in [0.29, 0.717) is 16.9 Å². The van der Waals surface area contributed by atoms with Crippen LogP contribution in [0, 0.1) is 5.92 Å². The Kier molecular flexibility index (Phi) is 3.26. The van der Waals surface area contributed by atoms with Gasteiger partial charge in [0.2, 0.25) is 5.28 Å². The highest BCUT2D eigenvalue weighted by Crippen LogP contribution is 2.26. The molecule has 1 aromatic heterocycles. The molecule has 1 aliphatic heterocycles. The highest BCUT2D eigenvalue weighted by Gasteiger charge is 2.20. The fourth-order valence-corrected chi connectivity index (χ4v) is 2.19. The second-order valence-corrected chi connectivity index (χ2v) is 4.58. The fourth-order valence-electron chi connectivity index (χ4n) is 1.87. The smallest absolute Gasteiger partial charge is 0.245 e. The standard InChI is InChI=1S/C9H12Cl2N4/c1-6-3-2-4-15(5-6)8-7(10)13-14-9(11)12-8/h6H,2-5H2,1H3. The maximum atomic E-state index is 5.94. The SMILES string of the molecule is CC1CCCN(c2nc(Cl)nnc2Cl)C1. The van der Waals surface area contributed by atoms with Gasteiger partial charge in [-0.3, -0.25) is 0 Å². The molecule has 1 aliphatic rings. The number of rotatable bonds is 1. The minimum Gasteiger partial charge on any atom is -0.354 e. The Bertz CT molecular complexity index is 358. The molecule has 1 aromatic rings. The number of anilines is 1. The van der Waals surface area contributed by atoms with Crippen LogP contribution in [0.5, 0.6) is 0 Å². The molecule has 0 aromatic carbocycles. The normalized spacial score (nSPS) is 21.8. The number of aromatic nitrogens is 3. The van der Waals surface area contributed by atoms with Gasteiger partial charge in [-0.15, -0.1) is 10.2 Å². The quantitative estimate of drug-likeness (QED) is 0.764. The predicted octanol–water partition coefficient (Wildman–Crippen LogP) is 2.41. The maximum Gasteiger partial charge on any atom is 0.245 e. The van der Waals surface area contributed by atoms with Gasteiger partial charge in [0.05, 0.1) is 0 Å². The van der Waals surface area contributed by atoms with Crippen LogP contribution in [0.2, 0.25) is 10.4 Å². The van der Waals surface area contributed by atoms with Crippen molar-refractivity contribution in [2.75, 3.05) is 18.0 Å². The first-order valence-corrected chi connectivity index (χ1v) is 5.73. The van der Waals surface area contributed by atoms with Gasteiger partial charge in [0.1, 0.15) is 0 Å². The van der Waals surface area contributed by atoms with Gasteiger partial charge in [0.15, 0.2) is 11.0 Å². The Hall–Kier alpha value is -0.610. The van der Waals surface area contributed by atoms with Crippen LogP contribution >= 0.6 is 23.2 Å². The molecule has 15 heavy (non-hydrogen) atoms. The van der Waals surface area contributed by atoms with Crippen LogP contribution in [-0.2, 0) is 0 Å². The van der Waals surface area contributed by atoms with Crippen molar-refractivity contribution >= 4 is 29.0 Å². The molecule has 82 valence electrons. The molecule has 1 unspecified atom stereocenters. The van der Waals surface area contributed by atoms with E-state index in [0.717, 1.165) is 19.5 Å². The molecule has 0 spiro atoms. The van der Waals surface area contributed by atoms with E-state index in [1.165, 1.54) is 6.42 Å². The third kappa shape index (κ3) is 2.49. The van der Waals surface area contributed by atoms with E-state index < -0.39 is 0 Å². The molecule has 0 radical (unpaired) electrons. The summed E-state index contributed by atoms with van der Waals surface area (Å²) in [5.74, 6) is 1.31. The Labute approximate surface area is 98.6 Å². The predicted molar refractivity (Wildman–Crippen MR) is 60.5 cm³/mol. The van der Waals surface area contributed by atoms with Crippen LogP contribution in [0.4, 0.5) is 5.82 Å². The van der Waals surface area contributed by atoms with Crippen molar-refractivity contribution in [1.29, 1.82) is 0 Å². The van der Waals surface area contributed by atoms with Crippen LogP contribution in [-0.4, -0.2) is 28.3 Å². The molecule has 1 fully saturated rings. The molecule has 0 amide bonds. The van der Waals surface area contributed by atoms with Crippen molar-refractivity contribution in [1.82, 2.24) is 15.2 Å². The summed E-state index contributed by atoms with van der Waals surface area (Å²) >= 11 is 11.6. The highest BCUT2D eigenvalue weighted by atomic mass is 35.5. The van der Waals surface area contributed by atoms with Gasteiger partial charge < -0.3 is 4.90 Å². The lowest BCUT2D eigenvalue weighted by Gasteiger charge is -2.31. The van der Waals surface area contributed by atoms with Crippen molar-refractivity contribution in [3.63, 3.8) is 0 Å². The Morgan fingerprint density at radius 2 is 2.13 bits per heavy atom. The van der Waals surface area contributed by atoms with Gasteiger partial charge in [-0.1, -0.05) is 18.5 Å². The number of piperidine rings is 1. The van der Waals surface area contributed by atoms with Crippen LogP contribution < -0.4 is 4.90 Å². The average molecular weight is 247 g/mol. The summed E-state index contributed by atoms with van der Waals surface area (Å²) < 4.78 is 0. The Balaban J connectivity index is 2.24. The first-order chi connectivity index (χ1) is 7.16. The van der Waals surface area contributed by atoms with Crippen LogP contribution in [0.25, 0.3) is 0 Å². The minimum atomic E-state index is 0.146. The van der Waals surface area contributed by atoms with Crippen LogP contribution in [0.3, 0.4) is 0 Å². The lowest BCUT2D eigenvalue weighted by Crippen LogP contribution is -2.35. The third-order valence-electron chi connectivity index (χ3n) is 2.56. The number of nitrogens with zero attached hydrogens (tertiary/aromatic N) is 4. The van der Waals surface area contributed by atoms with E-state index in [2.05, 4.69) is 27.0 Å². The number of hydrogen-bond acceptors (Lipinski definition) is 4. The molecule has 6 heteroatoms. The van der Waals surface area contributed by atoms with Gasteiger partial charge >= 0.3 is 0 Å². The second kappa shape index (κ2) is 4.49. The van der Waals surface area contributed by atoms with E-state index in [1.54, 1.807) is 0 Å². The first-order valence-electron chi connectivity index (χ1n) is 4.97. The largest absolute Gasteiger partial charge is 0.354 e. The van der Waals surface area contributed by atoms with Crippen molar-refractivity contribution in [2.24, 2.45) is 5.92 Å². The summed E-state index contributed by atoms with van der Waals surface area (Å²) in [5.41, 5.74) is 0. The second-order valence-electron chi connectivity index (χ2n) is 3.89. The Morgan fingerprint density at radius 3 is 2.87 bits per heavy atom. The molecule has 0 saturated carbocycles. The monoisotopic (exact) mass is 246 g/mol. The number of hydrogen-bond donors (Lipinski definition) is 0. The van der Waals surface area contributed by atoms with Crippen molar-refractivity contribution < 1.29 is 0 Å². The summed E-state index contributed by atoms with van der Waals surface area (Å²) in [6.07, 6.45) is 2.40. The summed E-state index contributed by atoms with van der Waals surface area (Å²) in [6, 6.07) is 0. The zero-order valence-electron chi connectivity index (χ0n) is 8.45. The Morgan fingerprint density at radius 1 is 1.33 bits per heavy atom. The average Bonchev–Trinajstić information content (AvgIpc) is 2.22. The van der Waals surface area contributed by atoms with E-state index in [-0.39, 0.29) is 5.28 Å². The summed E-state index contributed by atoms with van der Waals surface area (Å²) in [5, 5.41) is 7.83. The molecule has 4 nitrogen and oxygen atoms in total. The molecule has 2 heterocycles. The highest BCUT2D eigenvalue weighted by molar-refractivity contribution is 6.32. The molecule has 2 rings (SSSR count). The zero-order valence-corrected chi connectivity index (χ0v) is 9.96. The van der Waals surface area contributed by atoms with Crippen molar-refractivity contribution in [3.05, 3.63) is 10.4 Å². The third-order valence-corrected chi connectivity index (χ3v) is 2.96. The number of halogens is 2. The molecule has 0 bridgehead atoms. The van der Waals surface area contributed by atoms with Gasteiger partial charge in [0, 0.05) is 13.1 Å². The van der Waals surface area contributed by atoms with E-state index in [9.17, 15) is 0 Å². The molecule has 0 aliphatic carbocycles. The van der Waals surface area contributed by atoms with E-state index in [4.69, 9.17) is 23.2 Å². The molecular formula is C9H12Cl2N4. The lowest BCUT2D eigenvalue weighted by molar-refractivity contribution is 0.444. The lowest BCUT2D eigenvalue weighted by atomic mass is 10.0. The fraction of sp³-hybridized carbons (Fsp3) is 0.667. The maximum absolute atomic E-state index is 5.94. The molecule has 1 atom stereocenters. The molecule has 0 N–H and O–H groups in total. The van der Waals surface area contributed by atoms with Crippen molar-refractivity contribution in [2.45, 2.75) is 19.8 Å². The topological polar surface area (TPSA) is 41.9 Å². The van der Waals surface area contributed by atoms with Gasteiger partial charge in [0.25, 0.3) is 0 Å². The minimum absolute atomic E-state index is 0.146. The molecule has 1 saturated heterocycles. The first kappa shape index (κ1) is 10.9. The molecular weight excluding hydrogens is 235 g/mol. The van der Waals surface area contributed by atoms with Crippen LogP contribution in [0.1, 0.15) is 19.8 Å². The summed E-state index contributed by atoms with van der Waals surface area (Å²) in [6.45, 7) is 4.13. The van der Waals surface area contributed by atoms with Crippen LogP contribution in [0.15, 0.2) is 0 Å². The summed E-state index contributed by atoms with van der Waals surface area (Å²) in [7, 11) is 0. The van der Waals surface area contributed by atoms with Gasteiger partial charge in [-0.2, -0.15) is 4.98 Å². The van der Waals surface area contributed by atoms with E-state index >= 15 is 0 Å². The van der Waals surface area contributed by atoms with Crippen molar-refractivity contribution in [3.8, 4) is 0 Å². The van der Waals surface area contributed by atoms with E-state index in [1.807, 2.05) is 0 Å². The zero-order chi connectivity index (χ0) is 10.8.